The first-order chi connectivity index (χ1) is 7.76. The minimum atomic E-state index is 0.450. The third kappa shape index (κ3) is 2.78. The van der Waals surface area contributed by atoms with Gasteiger partial charge in [-0.2, -0.15) is 0 Å². The lowest BCUT2D eigenvalue weighted by molar-refractivity contribution is 0.167. The smallest absolute Gasteiger partial charge is 0.0309 e. The molecule has 16 heavy (non-hydrogen) atoms. The standard InChI is InChI=1S/C14H28N2/c1-3-9-14(10-6-11-15-14)12-16(2)13-7-4-5-8-13/h13,15H,3-12H2,1-2H3. The van der Waals surface area contributed by atoms with Crippen molar-refractivity contribution in [2.45, 2.75) is 69.9 Å². The van der Waals surface area contributed by atoms with Crippen LogP contribution in [0.1, 0.15) is 58.3 Å². The fraction of sp³-hybridized carbons (Fsp3) is 1.00. The van der Waals surface area contributed by atoms with Crippen LogP contribution in [0.25, 0.3) is 0 Å². The summed E-state index contributed by atoms with van der Waals surface area (Å²) in [5, 5.41) is 3.78. The molecule has 2 nitrogen and oxygen atoms in total. The van der Waals surface area contributed by atoms with Gasteiger partial charge in [0.05, 0.1) is 0 Å². The highest BCUT2D eigenvalue weighted by Gasteiger charge is 2.35. The van der Waals surface area contributed by atoms with Crippen LogP contribution in [-0.2, 0) is 0 Å². The molecule has 1 heterocycles. The fourth-order valence-electron chi connectivity index (χ4n) is 3.73. The van der Waals surface area contributed by atoms with E-state index in [-0.39, 0.29) is 0 Å². The lowest BCUT2D eigenvalue weighted by Gasteiger charge is -2.36. The van der Waals surface area contributed by atoms with E-state index in [9.17, 15) is 0 Å². The van der Waals surface area contributed by atoms with E-state index in [0.29, 0.717) is 5.54 Å². The Kier molecular flexibility index (Phi) is 4.26. The zero-order valence-electron chi connectivity index (χ0n) is 11.1. The molecular weight excluding hydrogens is 196 g/mol. The molecule has 1 atom stereocenters. The second-order valence-corrected chi connectivity index (χ2v) is 5.91. The van der Waals surface area contributed by atoms with Crippen LogP contribution in [0.2, 0.25) is 0 Å². The van der Waals surface area contributed by atoms with Crippen LogP contribution in [0.4, 0.5) is 0 Å². The monoisotopic (exact) mass is 224 g/mol. The van der Waals surface area contributed by atoms with Gasteiger partial charge in [0.15, 0.2) is 0 Å². The second kappa shape index (κ2) is 5.50. The molecule has 0 aromatic carbocycles. The average Bonchev–Trinajstić information content (AvgIpc) is 2.88. The first-order valence-electron chi connectivity index (χ1n) is 7.21. The van der Waals surface area contributed by atoms with Crippen molar-refractivity contribution in [3.63, 3.8) is 0 Å². The third-order valence-corrected chi connectivity index (χ3v) is 4.56. The molecule has 0 radical (unpaired) electrons. The molecule has 2 aliphatic rings. The summed E-state index contributed by atoms with van der Waals surface area (Å²) in [6.07, 6.45) is 11.2. The lowest BCUT2D eigenvalue weighted by atomic mass is 9.91. The molecular formula is C14H28N2. The molecule has 0 bridgehead atoms. The Labute approximate surface area is 101 Å². The Morgan fingerprint density at radius 2 is 2.00 bits per heavy atom. The van der Waals surface area contributed by atoms with E-state index in [4.69, 9.17) is 0 Å². The number of nitrogens with one attached hydrogen (secondary N) is 1. The molecule has 0 aromatic heterocycles. The van der Waals surface area contributed by atoms with Gasteiger partial charge in [-0.25, -0.2) is 0 Å². The van der Waals surface area contributed by atoms with Gasteiger partial charge in [0.2, 0.25) is 0 Å². The molecule has 2 rings (SSSR count). The zero-order chi connectivity index (χ0) is 11.4. The lowest BCUT2D eigenvalue weighted by Crippen LogP contribution is -2.50. The van der Waals surface area contributed by atoms with E-state index in [1.807, 2.05) is 0 Å². The first kappa shape index (κ1) is 12.4. The zero-order valence-corrected chi connectivity index (χ0v) is 11.1. The second-order valence-electron chi connectivity index (χ2n) is 5.91. The predicted octanol–water partition coefficient (Wildman–Crippen LogP) is 2.78. The largest absolute Gasteiger partial charge is 0.310 e. The molecule has 1 saturated carbocycles. The highest BCUT2D eigenvalue weighted by atomic mass is 15.2. The molecule has 1 unspecified atom stereocenters. The Morgan fingerprint density at radius 1 is 1.25 bits per heavy atom. The SMILES string of the molecule is CCCC1(CN(C)C2CCCC2)CCCN1. The van der Waals surface area contributed by atoms with Crippen molar-refractivity contribution in [1.29, 1.82) is 0 Å². The maximum Gasteiger partial charge on any atom is 0.0309 e. The van der Waals surface area contributed by atoms with Crippen molar-refractivity contribution in [2.24, 2.45) is 0 Å². The van der Waals surface area contributed by atoms with Crippen LogP contribution in [0.15, 0.2) is 0 Å². The van der Waals surface area contributed by atoms with Crippen LogP contribution in [-0.4, -0.2) is 36.6 Å². The van der Waals surface area contributed by atoms with Crippen LogP contribution < -0.4 is 5.32 Å². The van der Waals surface area contributed by atoms with Gasteiger partial charge in [0, 0.05) is 18.1 Å². The Balaban J connectivity index is 1.89. The molecule has 0 amide bonds. The summed E-state index contributed by atoms with van der Waals surface area (Å²) in [7, 11) is 2.34. The summed E-state index contributed by atoms with van der Waals surface area (Å²) in [5.74, 6) is 0. The topological polar surface area (TPSA) is 15.3 Å². The summed E-state index contributed by atoms with van der Waals surface area (Å²) in [5.41, 5.74) is 0.450. The van der Waals surface area contributed by atoms with Gasteiger partial charge in [-0.1, -0.05) is 26.2 Å². The van der Waals surface area contributed by atoms with Gasteiger partial charge in [0.25, 0.3) is 0 Å². The fourth-order valence-corrected chi connectivity index (χ4v) is 3.73. The molecule has 1 saturated heterocycles. The Morgan fingerprint density at radius 3 is 2.56 bits per heavy atom. The molecule has 2 fully saturated rings. The first-order valence-corrected chi connectivity index (χ1v) is 7.21. The molecule has 1 N–H and O–H groups in total. The molecule has 1 aliphatic heterocycles. The quantitative estimate of drug-likeness (QED) is 0.772. The van der Waals surface area contributed by atoms with E-state index in [1.165, 1.54) is 64.5 Å². The van der Waals surface area contributed by atoms with E-state index in [1.54, 1.807) is 0 Å². The van der Waals surface area contributed by atoms with E-state index >= 15 is 0 Å². The van der Waals surface area contributed by atoms with Gasteiger partial charge in [-0.3, -0.25) is 0 Å². The van der Waals surface area contributed by atoms with Crippen molar-refractivity contribution < 1.29 is 0 Å². The van der Waals surface area contributed by atoms with Crippen molar-refractivity contribution >= 4 is 0 Å². The summed E-state index contributed by atoms with van der Waals surface area (Å²) in [4.78, 5) is 2.64. The number of hydrogen-bond acceptors (Lipinski definition) is 2. The Bertz CT molecular complexity index is 203. The maximum atomic E-state index is 3.78. The van der Waals surface area contributed by atoms with Crippen LogP contribution in [0.3, 0.4) is 0 Å². The van der Waals surface area contributed by atoms with Crippen molar-refractivity contribution in [1.82, 2.24) is 10.2 Å². The number of rotatable bonds is 5. The number of nitrogens with zero attached hydrogens (tertiary/aromatic N) is 1. The van der Waals surface area contributed by atoms with E-state index in [2.05, 4.69) is 24.2 Å². The summed E-state index contributed by atoms with van der Waals surface area (Å²) < 4.78 is 0. The molecule has 1 aliphatic carbocycles. The van der Waals surface area contributed by atoms with Crippen molar-refractivity contribution in [3.8, 4) is 0 Å². The highest BCUT2D eigenvalue weighted by molar-refractivity contribution is 4.96. The summed E-state index contributed by atoms with van der Waals surface area (Å²) in [6.45, 7) is 4.82. The molecule has 94 valence electrons. The Hall–Kier alpha value is -0.0800. The minimum Gasteiger partial charge on any atom is -0.310 e. The molecule has 0 spiro atoms. The van der Waals surface area contributed by atoms with Crippen LogP contribution in [0.5, 0.6) is 0 Å². The highest BCUT2D eigenvalue weighted by Crippen LogP contribution is 2.29. The van der Waals surface area contributed by atoms with Crippen LogP contribution >= 0.6 is 0 Å². The van der Waals surface area contributed by atoms with Crippen molar-refractivity contribution in [3.05, 3.63) is 0 Å². The normalized spacial score (nSPS) is 31.7. The van der Waals surface area contributed by atoms with Gasteiger partial charge in [0.1, 0.15) is 0 Å². The molecule has 2 heteroatoms. The maximum absolute atomic E-state index is 3.78. The van der Waals surface area contributed by atoms with Gasteiger partial charge < -0.3 is 10.2 Å². The molecule has 0 aromatic rings. The van der Waals surface area contributed by atoms with Gasteiger partial charge >= 0.3 is 0 Å². The summed E-state index contributed by atoms with van der Waals surface area (Å²) >= 11 is 0. The third-order valence-electron chi connectivity index (χ3n) is 4.56. The predicted molar refractivity (Wildman–Crippen MR) is 69.8 cm³/mol. The van der Waals surface area contributed by atoms with Gasteiger partial charge in [-0.15, -0.1) is 0 Å². The van der Waals surface area contributed by atoms with E-state index < -0.39 is 0 Å². The summed E-state index contributed by atoms with van der Waals surface area (Å²) in [6, 6.07) is 0.871. The van der Waals surface area contributed by atoms with E-state index in [0.717, 1.165) is 6.04 Å². The number of hydrogen-bond donors (Lipinski definition) is 1. The van der Waals surface area contributed by atoms with Crippen LogP contribution in [0, 0.1) is 0 Å². The number of likely N-dealkylation sites (N-methyl/N-ethyl adjacent to an activating group) is 1. The average molecular weight is 224 g/mol. The van der Waals surface area contributed by atoms with Gasteiger partial charge in [-0.05, 0) is 45.7 Å². The minimum absolute atomic E-state index is 0.450. The van der Waals surface area contributed by atoms with Crippen molar-refractivity contribution in [2.75, 3.05) is 20.1 Å².